The SMILES string of the molecule is CCOC(=O)c1ccc(-c2nc3ccc(C(c4ccccc4)n4ccnc4)cc3[nH]2)cc1. The van der Waals surface area contributed by atoms with Crippen molar-refractivity contribution < 1.29 is 9.53 Å². The van der Waals surface area contributed by atoms with Crippen LogP contribution in [-0.2, 0) is 4.74 Å². The van der Waals surface area contributed by atoms with E-state index in [-0.39, 0.29) is 12.0 Å². The molecule has 1 atom stereocenters. The number of carbonyl (C=O) groups is 1. The molecule has 2 aromatic heterocycles. The molecule has 0 saturated heterocycles. The number of aromatic amines is 1. The maximum Gasteiger partial charge on any atom is 0.338 e. The van der Waals surface area contributed by atoms with Crippen LogP contribution in [0.5, 0.6) is 0 Å². The largest absolute Gasteiger partial charge is 0.462 e. The van der Waals surface area contributed by atoms with Crippen LogP contribution >= 0.6 is 0 Å². The number of benzene rings is 3. The van der Waals surface area contributed by atoms with Gasteiger partial charge in [-0.1, -0.05) is 48.5 Å². The average Bonchev–Trinajstić information content (AvgIpc) is 3.50. The summed E-state index contributed by atoms with van der Waals surface area (Å²) in [7, 11) is 0. The number of esters is 1. The molecule has 0 aliphatic rings. The first-order chi connectivity index (χ1) is 15.7. The second-order valence-electron chi connectivity index (χ2n) is 7.48. The average molecular weight is 422 g/mol. The zero-order valence-electron chi connectivity index (χ0n) is 17.6. The van der Waals surface area contributed by atoms with Crippen LogP contribution in [0, 0.1) is 0 Å². The molecule has 0 aliphatic carbocycles. The molecule has 2 heterocycles. The lowest BCUT2D eigenvalue weighted by Crippen LogP contribution is -2.10. The van der Waals surface area contributed by atoms with Crippen LogP contribution in [0.3, 0.4) is 0 Å². The first kappa shape index (κ1) is 19.8. The van der Waals surface area contributed by atoms with E-state index < -0.39 is 0 Å². The lowest BCUT2D eigenvalue weighted by Gasteiger charge is -2.19. The highest BCUT2D eigenvalue weighted by Crippen LogP contribution is 2.29. The van der Waals surface area contributed by atoms with Gasteiger partial charge in [0, 0.05) is 18.0 Å². The predicted molar refractivity (Wildman–Crippen MR) is 123 cm³/mol. The lowest BCUT2D eigenvalue weighted by molar-refractivity contribution is 0.0526. The molecule has 0 aliphatic heterocycles. The highest BCUT2D eigenvalue weighted by Gasteiger charge is 2.17. The van der Waals surface area contributed by atoms with Gasteiger partial charge in [0.2, 0.25) is 0 Å². The number of rotatable bonds is 6. The number of nitrogens with zero attached hydrogens (tertiary/aromatic N) is 3. The maximum absolute atomic E-state index is 11.9. The minimum absolute atomic E-state index is 0.0127. The van der Waals surface area contributed by atoms with Gasteiger partial charge in [0.05, 0.1) is 35.6 Å². The van der Waals surface area contributed by atoms with Crippen LogP contribution in [0.15, 0.2) is 91.5 Å². The zero-order valence-corrected chi connectivity index (χ0v) is 17.6. The van der Waals surface area contributed by atoms with Crippen molar-refractivity contribution >= 4 is 17.0 Å². The molecule has 5 rings (SSSR count). The molecule has 1 unspecified atom stereocenters. The number of hydrogen-bond acceptors (Lipinski definition) is 4. The zero-order chi connectivity index (χ0) is 21.9. The molecule has 0 saturated carbocycles. The van der Waals surface area contributed by atoms with Crippen molar-refractivity contribution in [3.8, 4) is 11.4 Å². The number of nitrogens with one attached hydrogen (secondary N) is 1. The van der Waals surface area contributed by atoms with Gasteiger partial charge in [-0.15, -0.1) is 0 Å². The number of carbonyl (C=O) groups excluding carboxylic acids is 1. The number of hydrogen-bond donors (Lipinski definition) is 1. The van der Waals surface area contributed by atoms with E-state index in [9.17, 15) is 4.79 Å². The van der Waals surface area contributed by atoms with Gasteiger partial charge >= 0.3 is 5.97 Å². The summed E-state index contributed by atoms with van der Waals surface area (Å²) in [4.78, 5) is 24.3. The Morgan fingerprint density at radius 2 is 1.84 bits per heavy atom. The van der Waals surface area contributed by atoms with E-state index in [4.69, 9.17) is 9.72 Å². The second kappa shape index (κ2) is 8.51. The fourth-order valence-electron chi connectivity index (χ4n) is 3.91. The number of aromatic nitrogens is 4. The van der Waals surface area contributed by atoms with Crippen LogP contribution < -0.4 is 0 Å². The van der Waals surface area contributed by atoms with Crippen LogP contribution in [0.25, 0.3) is 22.4 Å². The summed E-state index contributed by atoms with van der Waals surface area (Å²) in [5.41, 5.74) is 5.59. The summed E-state index contributed by atoms with van der Waals surface area (Å²) in [5, 5.41) is 0. The Morgan fingerprint density at radius 1 is 1.03 bits per heavy atom. The van der Waals surface area contributed by atoms with Gasteiger partial charge in [-0.05, 0) is 42.3 Å². The van der Waals surface area contributed by atoms with Crippen LogP contribution in [0.4, 0.5) is 0 Å². The van der Waals surface area contributed by atoms with Crippen molar-refractivity contribution in [3.63, 3.8) is 0 Å². The summed E-state index contributed by atoms with van der Waals surface area (Å²) in [6.45, 7) is 2.15. The van der Waals surface area contributed by atoms with Gasteiger partial charge in [0.1, 0.15) is 5.82 Å². The molecule has 32 heavy (non-hydrogen) atoms. The highest BCUT2D eigenvalue weighted by atomic mass is 16.5. The second-order valence-corrected chi connectivity index (χ2v) is 7.48. The molecule has 158 valence electrons. The molecule has 3 aromatic carbocycles. The van der Waals surface area contributed by atoms with E-state index in [2.05, 4.69) is 38.8 Å². The van der Waals surface area contributed by atoms with Crippen LogP contribution in [0.2, 0.25) is 0 Å². The maximum atomic E-state index is 11.9. The molecule has 0 spiro atoms. The summed E-state index contributed by atoms with van der Waals surface area (Å²) in [6, 6.07) is 23.9. The predicted octanol–water partition coefficient (Wildman–Crippen LogP) is 5.24. The number of ether oxygens (including phenoxy) is 1. The van der Waals surface area contributed by atoms with Crippen molar-refractivity contribution in [1.29, 1.82) is 0 Å². The minimum Gasteiger partial charge on any atom is -0.462 e. The van der Waals surface area contributed by atoms with E-state index in [1.165, 1.54) is 5.56 Å². The molecule has 0 radical (unpaired) electrons. The normalized spacial score (nSPS) is 12.0. The smallest absolute Gasteiger partial charge is 0.338 e. The van der Waals surface area contributed by atoms with Gasteiger partial charge in [-0.3, -0.25) is 0 Å². The quantitative estimate of drug-likeness (QED) is 0.380. The fraction of sp³-hybridized carbons (Fsp3) is 0.115. The Bertz CT molecular complexity index is 1340. The summed E-state index contributed by atoms with van der Waals surface area (Å²) >= 11 is 0. The van der Waals surface area contributed by atoms with E-state index in [1.54, 1.807) is 25.3 Å². The molecular formula is C26H22N4O2. The van der Waals surface area contributed by atoms with Crippen molar-refractivity contribution in [2.45, 2.75) is 13.0 Å². The fourth-order valence-corrected chi connectivity index (χ4v) is 3.91. The van der Waals surface area contributed by atoms with Gasteiger partial charge in [-0.2, -0.15) is 0 Å². The number of imidazole rings is 2. The Balaban J connectivity index is 1.50. The topological polar surface area (TPSA) is 72.8 Å². The molecule has 0 amide bonds. The number of H-pyrrole nitrogens is 1. The monoisotopic (exact) mass is 422 g/mol. The molecule has 6 heteroatoms. The number of fused-ring (bicyclic) bond motifs is 1. The Hall–Kier alpha value is -4.19. The molecule has 0 bridgehead atoms. The van der Waals surface area contributed by atoms with Gasteiger partial charge in [0.25, 0.3) is 0 Å². The molecule has 5 aromatic rings. The van der Waals surface area contributed by atoms with Crippen molar-refractivity contribution in [2.75, 3.05) is 6.61 Å². The van der Waals surface area contributed by atoms with E-state index in [0.29, 0.717) is 12.2 Å². The van der Waals surface area contributed by atoms with Crippen LogP contribution in [0.1, 0.15) is 34.5 Å². The minimum atomic E-state index is -0.320. The standard InChI is InChI=1S/C26H22N4O2/c1-2-32-26(31)20-10-8-19(9-11-20)25-28-22-13-12-21(16-23(22)29-25)24(30-15-14-27-17-30)18-6-4-3-5-7-18/h3-17,24H,2H2,1H3,(H,28,29). The third kappa shape index (κ3) is 3.78. The summed E-state index contributed by atoms with van der Waals surface area (Å²) in [5.74, 6) is 0.436. The van der Waals surface area contributed by atoms with Crippen LogP contribution in [-0.4, -0.2) is 32.1 Å². The summed E-state index contributed by atoms with van der Waals surface area (Å²) < 4.78 is 7.15. The Kier molecular flexibility index (Phi) is 5.25. The highest BCUT2D eigenvalue weighted by molar-refractivity contribution is 5.90. The molecular weight excluding hydrogens is 400 g/mol. The summed E-state index contributed by atoms with van der Waals surface area (Å²) in [6.07, 6.45) is 5.61. The van der Waals surface area contributed by atoms with Crippen molar-refractivity contribution in [1.82, 2.24) is 19.5 Å². The van der Waals surface area contributed by atoms with Gasteiger partial charge in [0.15, 0.2) is 0 Å². The van der Waals surface area contributed by atoms with Crippen molar-refractivity contribution in [2.24, 2.45) is 0 Å². The third-order valence-electron chi connectivity index (χ3n) is 5.43. The lowest BCUT2D eigenvalue weighted by atomic mass is 9.98. The first-order valence-corrected chi connectivity index (χ1v) is 10.5. The van der Waals surface area contributed by atoms with E-state index in [0.717, 1.165) is 28.0 Å². The molecule has 1 N–H and O–H groups in total. The third-order valence-corrected chi connectivity index (χ3v) is 5.43. The molecule has 0 fully saturated rings. The van der Waals surface area contributed by atoms with Gasteiger partial charge in [-0.25, -0.2) is 14.8 Å². The Morgan fingerprint density at radius 3 is 2.56 bits per heavy atom. The Labute approximate surface area is 185 Å². The van der Waals surface area contributed by atoms with Gasteiger partial charge < -0.3 is 14.3 Å². The van der Waals surface area contributed by atoms with Crippen molar-refractivity contribution in [3.05, 3.63) is 108 Å². The van der Waals surface area contributed by atoms with E-state index in [1.807, 2.05) is 48.9 Å². The first-order valence-electron chi connectivity index (χ1n) is 10.5. The molecule has 6 nitrogen and oxygen atoms in total. The van der Waals surface area contributed by atoms with E-state index >= 15 is 0 Å².